The minimum Gasteiger partial charge on any atom is -0.497 e. The summed E-state index contributed by atoms with van der Waals surface area (Å²) in [5.74, 6) is 3.74. The molecule has 9 nitrogen and oxygen atoms in total. The van der Waals surface area contributed by atoms with Gasteiger partial charge in [0.25, 0.3) is 0 Å². The zero-order valence-electron chi connectivity index (χ0n) is 16.6. The summed E-state index contributed by atoms with van der Waals surface area (Å²) in [5, 5.41) is 20.0. The number of aryl methyl sites for hydroxylation is 1. The Morgan fingerprint density at radius 2 is 1.93 bits per heavy atom. The monoisotopic (exact) mass is 423 g/mol. The van der Waals surface area contributed by atoms with Crippen LogP contribution in [0.3, 0.4) is 0 Å². The number of benzene rings is 2. The third-order valence-electron chi connectivity index (χ3n) is 4.44. The van der Waals surface area contributed by atoms with Gasteiger partial charge in [-0.25, -0.2) is 4.98 Å². The van der Waals surface area contributed by atoms with E-state index in [9.17, 15) is 0 Å². The Morgan fingerprint density at radius 1 is 1.07 bits per heavy atom. The third-order valence-corrected chi connectivity index (χ3v) is 5.37. The maximum atomic E-state index is 5.44. The van der Waals surface area contributed by atoms with Gasteiger partial charge in [-0.1, -0.05) is 30.0 Å². The van der Waals surface area contributed by atoms with Gasteiger partial charge in [0, 0.05) is 18.2 Å². The van der Waals surface area contributed by atoms with Crippen LogP contribution in [0.1, 0.15) is 12.2 Å². The fourth-order valence-corrected chi connectivity index (χ4v) is 3.69. The highest BCUT2D eigenvalue weighted by Gasteiger charge is 2.13. The second-order valence-corrected chi connectivity index (χ2v) is 7.39. The van der Waals surface area contributed by atoms with E-state index < -0.39 is 0 Å². The molecule has 10 heteroatoms. The van der Waals surface area contributed by atoms with E-state index in [0.29, 0.717) is 16.7 Å². The Bertz CT molecular complexity index is 1100. The molecule has 0 aliphatic carbocycles. The van der Waals surface area contributed by atoms with E-state index in [2.05, 4.69) is 30.7 Å². The standard InChI is InChI=1S/C20H21N7O2S/c1-28-15-10-11-16(17(13-15)29-2)19-21-20(24-23-19)30-12-6-9-18-22-25-26-27(18)14-7-4-3-5-8-14/h3-5,7-8,10-11,13H,6,9,12H2,1-2H3,(H,21,23,24). The number of rotatable bonds is 9. The second kappa shape index (κ2) is 9.40. The van der Waals surface area contributed by atoms with Gasteiger partial charge in [0.2, 0.25) is 5.16 Å². The van der Waals surface area contributed by atoms with Crippen molar-refractivity contribution >= 4 is 11.8 Å². The van der Waals surface area contributed by atoms with Crippen LogP contribution in [-0.4, -0.2) is 55.4 Å². The summed E-state index contributed by atoms with van der Waals surface area (Å²) >= 11 is 1.58. The predicted molar refractivity (Wildman–Crippen MR) is 113 cm³/mol. The lowest BCUT2D eigenvalue weighted by Gasteiger charge is -2.07. The van der Waals surface area contributed by atoms with Gasteiger partial charge in [-0.2, -0.15) is 4.68 Å². The molecule has 4 aromatic rings. The molecule has 4 rings (SSSR count). The minimum absolute atomic E-state index is 0.657. The molecule has 0 saturated carbocycles. The van der Waals surface area contributed by atoms with Crippen LogP contribution in [0.15, 0.2) is 53.7 Å². The first kappa shape index (κ1) is 19.9. The first-order chi connectivity index (χ1) is 14.8. The molecule has 0 radical (unpaired) electrons. The Balaban J connectivity index is 1.35. The van der Waals surface area contributed by atoms with Gasteiger partial charge in [-0.15, -0.1) is 10.2 Å². The van der Waals surface area contributed by atoms with Crippen LogP contribution in [0, 0.1) is 0 Å². The first-order valence-electron chi connectivity index (χ1n) is 9.39. The number of tetrazole rings is 1. The number of aromatic amines is 1. The summed E-state index contributed by atoms with van der Waals surface area (Å²) in [5.41, 5.74) is 1.79. The van der Waals surface area contributed by atoms with Crippen LogP contribution in [-0.2, 0) is 6.42 Å². The molecule has 2 aromatic heterocycles. The van der Waals surface area contributed by atoms with E-state index in [1.165, 1.54) is 0 Å². The van der Waals surface area contributed by atoms with Crippen molar-refractivity contribution in [3.05, 3.63) is 54.4 Å². The molecule has 154 valence electrons. The van der Waals surface area contributed by atoms with Crippen molar-refractivity contribution in [1.82, 2.24) is 35.4 Å². The molecule has 0 aliphatic rings. The summed E-state index contributed by atoms with van der Waals surface area (Å²) < 4.78 is 12.5. The molecule has 0 saturated heterocycles. The molecule has 0 aliphatic heterocycles. The lowest BCUT2D eigenvalue weighted by atomic mass is 10.2. The van der Waals surface area contributed by atoms with Crippen LogP contribution >= 0.6 is 11.8 Å². The third kappa shape index (κ3) is 4.43. The van der Waals surface area contributed by atoms with Crippen molar-refractivity contribution in [2.24, 2.45) is 0 Å². The molecule has 2 heterocycles. The van der Waals surface area contributed by atoms with Crippen LogP contribution in [0.4, 0.5) is 0 Å². The molecule has 0 atom stereocenters. The highest BCUT2D eigenvalue weighted by atomic mass is 32.2. The summed E-state index contributed by atoms with van der Waals surface area (Å²) in [7, 11) is 3.24. The lowest BCUT2D eigenvalue weighted by molar-refractivity contribution is 0.395. The van der Waals surface area contributed by atoms with Crippen LogP contribution < -0.4 is 9.47 Å². The van der Waals surface area contributed by atoms with Gasteiger partial charge in [0.15, 0.2) is 11.6 Å². The largest absolute Gasteiger partial charge is 0.497 e. The Hall–Kier alpha value is -3.40. The topological polar surface area (TPSA) is 104 Å². The van der Waals surface area contributed by atoms with E-state index in [1.54, 1.807) is 30.7 Å². The molecule has 0 bridgehead atoms. The van der Waals surface area contributed by atoms with Crippen LogP contribution in [0.25, 0.3) is 17.1 Å². The van der Waals surface area contributed by atoms with E-state index in [0.717, 1.165) is 41.4 Å². The molecular weight excluding hydrogens is 402 g/mol. The Kier molecular flexibility index (Phi) is 6.23. The van der Waals surface area contributed by atoms with Crippen molar-refractivity contribution in [3.63, 3.8) is 0 Å². The number of para-hydroxylation sites is 1. The van der Waals surface area contributed by atoms with Crippen molar-refractivity contribution in [3.8, 4) is 28.6 Å². The van der Waals surface area contributed by atoms with Crippen molar-refractivity contribution in [2.75, 3.05) is 20.0 Å². The van der Waals surface area contributed by atoms with Crippen molar-refractivity contribution in [2.45, 2.75) is 18.0 Å². The number of ether oxygens (including phenoxy) is 2. The van der Waals surface area contributed by atoms with Gasteiger partial charge < -0.3 is 9.47 Å². The fraction of sp³-hybridized carbons (Fsp3) is 0.250. The maximum absolute atomic E-state index is 5.44. The van der Waals surface area contributed by atoms with Crippen LogP contribution in [0.5, 0.6) is 11.5 Å². The van der Waals surface area contributed by atoms with Gasteiger partial charge in [-0.05, 0) is 41.1 Å². The van der Waals surface area contributed by atoms with Crippen molar-refractivity contribution in [1.29, 1.82) is 0 Å². The van der Waals surface area contributed by atoms with E-state index in [4.69, 9.17) is 9.47 Å². The molecule has 0 spiro atoms. The molecule has 30 heavy (non-hydrogen) atoms. The smallest absolute Gasteiger partial charge is 0.208 e. The molecule has 0 amide bonds. The normalized spacial score (nSPS) is 10.9. The quantitative estimate of drug-likeness (QED) is 0.323. The first-order valence-corrected chi connectivity index (χ1v) is 10.4. The van der Waals surface area contributed by atoms with Gasteiger partial charge >= 0.3 is 0 Å². The number of aromatic nitrogens is 7. The zero-order chi connectivity index (χ0) is 20.8. The molecule has 1 N–H and O–H groups in total. The highest BCUT2D eigenvalue weighted by molar-refractivity contribution is 7.99. The van der Waals surface area contributed by atoms with Gasteiger partial charge in [-0.3, -0.25) is 5.10 Å². The number of thioether (sulfide) groups is 1. The number of methoxy groups -OCH3 is 2. The lowest BCUT2D eigenvalue weighted by Crippen LogP contribution is -2.03. The SMILES string of the molecule is COc1ccc(-c2nc(SCCCc3nnnn3-c3ccccc3)n[nH]2)c(OC)c1. The van der Waals surface area contributed by atoms with Crippen LogP contribution in [0.2, 0.25) is 0 Å². The van der Waals surface area contributed by atoms with Gasteiger partial charge in [0.1, 0.15) is 11.5 Å². The summed E-state index contributed by atoms with van der Waals surface area (Å²) in [4.78, 5) is 4.57. The Labute approximate surface area is 177 Å². The number of hydrogen-bond acceptors (Lipinski definition) is 8. The van der Waals surface area contributed by atoms with E-state index in [-0.39, 0.29) is 0 Å². The number of nitrogens with zero attached hydrogens (tertiary/aromatic N) is 6. The molecule has 0 fully saturated rings. The molecular formula is C20H21N7O2S. The zero-order valence-corrected chi connectivity index (χ0v) is 17.5. The van der Waals surface area contributed by atoms with Gasteiger partial charge in [0.05, 0.1) is 25.5 Å². The van der Waals surface area contributed by atoms with E-state index >= 15 is 0 Å². The predicted octanol–water partition coefficient (Wildman–Crippen LogP) is 3.19. The number of H-pyrrole nitrogens is 1. The van der Waals surface area contributed by atoms with Crippen molar-refractivity contribution < 1.29 is 9.47 Å². The molecule has 0 unspecified atom stereocenters. The average molecular weight is 424 g/mol. The average Bonchev–Trinajstić information content (AvgIpc) is 3.46. The summed E-state index contributed by atoms with van der Waals surface area (Å²) in [6.07, 6.45) is 1.66. The second-order valence-electron chi connectivity index (χ2n) is 6.33. The minimum atomic E-state index is 0.657. The Morgan fingerprint density at radius 3 is 2.73 bits per heavy atom. The maximum Gasteiger partial charge on any atom is 0.208 e. The van der Waals surface area contributed by atoms with E-state index in [1.807, 2.05) is 48.5 Å². The summed E-state index contributed by atoms with van der Waals surface area (Å²) in [6.45, 7) is 0. The number of nitrogens with one attached hydrogen (secondary N) is 1. The summed E-state index contributed by atoms with van der Waals surface area (Å²) in [6, 6.07) is 15.5. The highest BCUT2D eigenvalue weighted by Crippen LogP contribution is 2.32. The fourth-order valence-electron chi connectivity index (χ4n) is 2.95. The molecule has 2 aromatic carbocycles. The number of hydrogen-bond donors (Lipinski definition) is 1.